The molecule has 13 heteroatoms. The third-order valence-electron chi connectivity index (χ3n) is 6.06. The second kappa shape index (κ2) is 11.3. The Morgan fingerprint density at radius 2 is 1.24 bits per heavy atom. The molecule has 4 N–H and O–H groups in total. The van der Waals surface area contributed by atoms with E-state index in [1.807, 2.05) is 0 Å². The summed E-state index contributed by atoms with van der Waals surface area (Å²) in [5.41, 5.74) is -1.61. The maximum atomic E-state index is 15.1. The van der Waals surface area contributed by atoms with E-state index in [2.05, 4.69) is 16.0 Å². The number of nitrogens with zero attached hydrogens (tertiary/aromatic N) is 1. The Morgan fingerprint density at radius 1 is 0.727 bits per heavy atom. The molecule has 1 aliphatic heterocycles. The molecule has 0 radical (unpaired) electrons. The fraction of sp³-hybridized carbons (Fsp3) is 1.00. The number of hydroxylamine groups is 2. The average molecular weight is 501 g/mol. The SMILES string of the molecule is CC1CCC(C(F)(F)F)CN(O)C(C)CNC(C(F)(F)C(C)(C)C)CNC(C(F)(F)F)CN1. The molecular formula is C20H36F8N4O. The Hall–Kier alpha value is -0.760. The zero-order chi connectivity index (χ0) is 25.8. The largest absolute Gasteiger partial charge is 0.405 e. The van der Waals surface area contributed by atoms with Crippen LogP contribution < -0.4 is 16.0 Å². The highest BCUT2D eigenvalue weighted by atomic mass is 19.4. The minimum atomic E-state index is -4.76. The Morgan fingerprint density at radius 3 is 1.73 bits per heavy atom. The highest BCUT2D eigenvalue weighted by molar-refractivity contribution is 4.96. The van der Waals surface area contributed by atoms with Crippen LogP contribution in [0, 0.1) is 11.3 Å². The van der Waals surface area contributed by atoms with Crippen molar-refractivity contribution in [2.75, 3.05) is 26.2 Å². The minimum absolute atomic E-state index is 0.0834. The summed E-state index contributed by atoms with van der Waals surface area (Å²) in [4.78, 5) is 0. The lowest BCUT2D eigenvalue weighted by Crippen LogP contribution is -2.61. The molecule has 5 atom stereocenters. The molecule has 0 aliphatic carbocycles. The lowest BCUT2D eigenvalue weighted by molar-refractivity contribution is -0.213. The fourth-order valence-corrected chi connectivity index (χ4v) is 3.47. The predicted octanol–water partition coefficient (Wildman–Crippen LogP) is 4.18. The van der Waals surface area contributed by atoms with Gasteiger partial charge in [-0.3, -0.25) is 0 Å². The summed E-state index contributed by atoms with van der Waals surface area (Å²) in [6.07, 6.45) is -9.89. The minimum Gasteiger partial charge on any atom is -0.314 e. The Bertz CT molecular complexity index is 594. The van der Waals surface area contributed by atoms with E-state index in [9.17, 15) is 31.5 Å². The van der Waals surface area contributed by atoms with Crippen LogP contribution in [0.5, 0.6) is 0 Å². The molecule has 0 aromatic carbocycles. The van der Waals surface area contributed by atoms with Crippen LogP contribution in [0.4, 0.5) is 35.1 Å². The molecule has 5 nitrogen and oxygen atoms in total. The normalized spacial score (nSPS) is 31.6. The molecule has 0 aromatic rings. The van der Waals surface area contributed by atoms with E-state index in [0.717, 1.165) is 0 Å². The predicted molar refractivity (Wildman–Crippen MR) is 108 cm³/mol. The molecule has 0 aromatic heterocycles. The van der Waals surface area contributed by atoms with Crippen LogP contribution in [0.2, 0.25) is 0 Å². The smallest absolute Gasteiger partial charge is 0.314 e. The summed E-state index contributed by atoms with van der Waals surface area (Å²) in [5, 5.41) is 17.8. The molecule has 1 aliphatic rings. The van der Waals surface area contributed by atoms with Gasteiger partial charge in [0.15, 0.2) is 0 Å². The first-order chi connectivity index (χ1) is 14.8. The second-order valence-corrected chi connectivity index (χ2v) is 9.93. The van der Waals surface area contributed by atoms with Crippen LogP contribution >= 0.6 is 0 Å². The van der Waals surface area contributed by atoms with E-state index in [4.69, 9.17) is 0 Å². The van der Waals surface area contributed by atoms with Crippen LogP contribution in [-0.4, -0.2) is 78.9 Å². The number of halogens is 8. The van der Waals surface area contributed by atoms with Crippen LogP contribution in [0.1, 0.15) is 47.5 Å². The highest BCUT2D eigenvalue weighted by Crippen LogP contribution is 2.38. The monoisotopic (exact) mass is 500 g/mol. The van der Waals surface area contributed by atoms with Crippen molar-refractivity contribution in [3.8, 4) is 0 Å². The standard InChI is InChI=1S/C20H36F8N4O/c1-12-6-7-14(19(23,24)25)11-32(33)13(2)8-30-15(18(21,22)17(3,4)5)9-31-16(10-29-12)20(26,27)28/h12-16,29-31,33H,6-11H2,1-5H3. The van der Waals surface area contributed by atoms with E-state index in [-0.39, 0.29) is 13.0 Å². The first-order valence-corrected chi connectivity index (χ1v) is 10.9. The van der Waals surface area contributed by atoms with E-state index in [1.165, 1.54) is 34.6 Å². The molecule has 198 valence electrons. The van der Waals surface area contributed by atoms with Gasteiger partial charge in [0.25, 0.3) is 5.92 Å². The Kier molecular flexibility index (Phi) is 10.4. The quantitative estimate of drug-likeness (QED) is 0.407. The van der Waals surface area contributed by atoms with Gasteiger partial charge in [-0.1, -0.05) is 20.8 Å². The molecule has 5 unspecified atom stereocenters. The number of hydrogen-bond donors (Lipinski definition) is 4. The van der Waals surface area contributed by atoms with Crippen LogP contribution in [0.3, 0.4) is 0 Å². The zero-order valence-corrected chi connectivity index (χ0v) is 19.5. The average Bonchev–Trinajstić information content (AvgIpc) is 2.63. The Balaban J connectivity index is 3.23. The molecule has 1 heterocycles. The number of nitrogens with one attached hydrogen (secondary N) is 3. The van der Waals surface area contributed by atoms with Gasteiger partial charge in [0.2, 0.25) is 0 Å². The van der Waals surface area contributed by atoms with Gasteiger partial charge >= 0.3 is 12.4 Å². The van der Waals surface area contributed by atoms with Gasteiger partial charge in [0.1, 0.15) is 6.04 Å². The van der Waals surface area contributed by atoms with Crippen molar-refractivity contribution < 1.29 is 40.3 Å². The zero-order valence-electron chi connectivity index (χ0n) is 19.5. The van der Waals surface area contributed by atoms with Crippen molar-refractivity contribution >= 4 is 0 Å². The van der Waals surface area contributed by atoms with Gasteiger partial charge < -0.3 is 21.2 Å². The number of hydrogen-bond acceptors (Lipinski definition) is 5. The van der Waals surface area contributed by atoms with Gasteiger partial charge in [0, 0.05) is 43.7 Å². The summed E-state index contributed by atoms with van der Waals surface area (Å²) in [6, 6.07) is -5.62. The lowest BCUT2D eigenvalue weighted by Gasteiger charge is -2.39. The van der Waals surface area contributed by atoms with Crippen LogP contribution in [0.25, 0.3) is 0 Å². The van der Waals surface area contributed by atoms with Crippen LogP contribution in [0.15, 0.2) is 0 Å². The maximum Gasteiger partial charge on any atom is 0.405 e. The topological polar surface area (TPSA) is 59.6 Å². The summed E-state index contributed by atoms with van der Waals surface area (Å²) < 4.78 is 111. The van der Waals surface area contributed by atoms with Gasteiger partial charge in [-0.05, 0) is 26.7 Å². The summed E-state index contributed by atoms with van der Waals surface area (Å²) in [6.45, 7) is 3.97. The van der Waals surface area contributed by atoms with E-state index < -0.39 is 79.8 Å². The molecule has 1 rings (SSSR count). The molecule has 0 saturated carbocycles. The van der Waals surface area contributed by atoms with Crippen molar-refractivity contribution in [2.45, 2.75) is 89.9 Å². The van der Waals surface area contributed by atoms with E-state index in [1.54, 1.807) is 0 Å². The fourth-order valence-electron chi connectivity index (χ4n) is 3.47. The third-order valence-corrected chi connectivity index (χ3v) is 6.06. The highest BCUT2D eigenvalue weighted by Gasteiger charge is 2.51. The van der Waals surface area contributed by atoms with E-state index in [0.29, 0.717) is 5.06 Å². The van der Waals surface area contributed by atoms with Crippen molar-refractivity contribution in [1.29, 1.82) is 0 Å². The lowest BCUT2D eigenvalue weighted by atomic mass is 9.83. The number of rotatable bonds is 1. The Labute approximate surface area is 189 Å². The molecule has 33 heavy (non-hydrogen) atoms. The van der Waals surface area contributed by atoms with Crippen molar-refractivity contribution in [1.82, 2.24) is 21.0 Å². The van der Waals surface area contributed by atoms with Crippen LogP contribution in [-0.2, 0) is 0 Å². The summed E-state index contributed by atoms with van der Waals surface area (Å²) >= 11 is 0. The van der Waals surface area contributed by atoms with Gasteiger partial charge in [-0.25, -0.2) is 8.78 Å². The second-order valence-electron chi connectivity index (χ2n) is 9.93. The maximum absolute atomic E-state index is 15.1. The van der Waals surface area contributed by atoms with Crippen molar-refractivity contribution in [3.05, 3.63) is 0 Å². The molecular weight excluding hydrogens is 464 g/mol. The van der Waals surface area contributed by atoms with Gasteiger partial charge in [0.05, 0.1) is 12.0 Å². The first-order valence-electron chi connectivity index (χ1n) is 10.9. The third kappa shape index (κ3) is 9.08. The number of alkyl halides is 8. The van der Waals surface area contributed by atoms with E-state index >= 15 is 8.78 Å². The molecule has 1 fully saturated rings. The van der Waals surface area contributed by atoms with Gasteiger partial charge in [-0.2, -0.15) is 31.4 Å². The first kappa shape index (κ1) is 30.3. The van der Waals surface area contributed by atoms with Crippen molar-refractivity contribution in [2.24, 2.45) is 11.3 Å². The summed E-state index contributed by atoms with van der Waals surface area (Å²) in [5.74, 6) is -5.40. The molecule has 1 saturated heterocycles. The summed E-state index contributed by atoms with van der Waals surface area (Å²) in [7, 11) is 0. The molecule has 0 amide bonds. The molecule has 0 bridgehead atoms. The van der Waals surface area contributed by atoms with Crippen molar-refractivity contribution in [3.63, 3.8) is 0 Å². The van der Waals surface area contributed by atoms with Gasteiger partial charge in [-0.15, -0.1) is 0 Å². The molecule has 0 spiro atoms.